The summed E-state index contributed by atoms with van der Waals surface area (Å²) in [5.74, 6) is 0.917. The van der Waals surface area contributed by atoms with Crippen LogP contribution in [0.1, 0.15) is 13.8 Å². The van der Waals surface area contributed by atoms with Gasteiger partial charge in [-0.2, -0.15) is 0 Å². The van der Waals surface area contributed by atoms with Gasteiger partial charge >= 0.3 is 0 Å². The van der Waals surface area contributed by atoms with E-state index in [4.69, 9.17) is 9.16 Å². The van der Waals surface area contributed by atoms with Crippen LogP contribution in [-0.4, -0.2) is 22.3 Å². The molecule has 1 atom stereocenters. The smallest absolute Gasteiger partial charge is 0.176 e. The van der Waals surface area contributed by atoms with E-state index in [2.05, 4.69) is 20.4 Å². The van der Waals surface area contributed by atoms with Crippen LogP contribution in [-0.2, 0) is 4.43 Å². The number of hydrogen-bond acceptors (Lipinski definition) is 2. The van der Waals surface area contributed by atoms with Gasteiger partial charge in [0.15, 0.2) is 9.04 Å². The molecule has 0 aromatic heterocycles. The van der Waals surface area contributed by atoms with Crippen molar-refractivity contribution in [3.63, 3.8) is 0 Å². The van der Waals surface area contributed by atoms with E-state index in [0.29, 0.717) is 18.8 Å². The molecule has 0 aliphatic carbocycles. The van der Waals surface area contributed by atoms with Crippen LogP contribution in [0.4, 0.5) is 0 Å². The second-order valence-electron chi connectivity index (χ2n) is 3.98. The summed E-state index contributed by atoms with van der Waals surface area (Å²) in [6.07, 6.45) is 0. The fraction of sp³-hybridized carbons (Fsp3) is 0.500. The summed E-state index contributed by atoms with van der Waals surface area (Å²) < 4.78 is 11.3. The van der Waals surface area contributed by atoms with Crippen LogP contribution in [0.5, 0.6) is 5.75 Å². The minimum atomic E-state index is -0.981. The molecule has 1 unspecified atom stereocenters. The summed E-state index contributed by atoms with van der Waals surface area (Å²) in [6, 6.07) is 9.85. The van der Waals surface area contributed by atoms with Crippen LogP contribution in [0.15, 0.2) is 30.3 Å². The number of rotatable bonds is 6. The van der Waals surface area contributed by atoms with Crippen molar-refractivity contribution in [2.24, 2.45) is 0 Å². The zero-order valence-electron chi connectivity index (χ0n) is 9.77. The first-order valence-corrected chi connectivity index (χ1v) is 7.79. The highest BCUT2D eigenvalue weighted by atomic mass is 28.3. The fourth-order valence-electron chi connectivity index (χ4n) is 1.10. The molecule has 2 nitrogen and oxygen atoms in total. The van der Waals surface area contributed by atoms with Crippen LogP contribution < -0.4 is 4.74 Å². The van der Waals surface area contributed by atoms with Crippen LogP contribution in [0, 0.1) is 0 Å². The molecule has 0 bridgehead atoms. The number of hydrogen-bond donors (Lipinski definition) is 0. The molecule has 15 heavy (non-hydrogen) atoms. The minimum absolute atomic E-state index is 0.647. The van der Waals surface area contributed by atoms with Crippen LogP contribution in [0.3, 0.4) is 0 Å². The molecule has 0 aliphatic heterocycles. The average molecular weight is 224 g/mol. The zero-order valence-corrected chi connectivity index (χ0v) is 10.9. The largest absolute Gasteiger partial charge is 0.491 e. The van der Waals surface area contributed by atoms with Crippen LogP contribution >= 0.6 is 0 Å². The average Bonchev–Trinajstić information content (AvgIpc) is 2.25. The molecule has 0 N–H and O–H groups in total. The summed E-state index contributed by atoms with van der Waals surface area (Å²) in [7, 11) is -0.981. The van der Waals surface area contributed by atoms with E-state index in [1.165, 1.54) is 0 Å². The SMILES string of the molecule is CC(C)[SiH](C)OCCOc1ccccc1. The van der Waals surface area contributed by atoms with E-state index in [0.717, 1.165) is 5.75 Å². The van der Waals surface area contributed by atoms with Gasteiger partial charge in [0.25, 0.3) is 0 Å². The van der Waals surface area contributed by atoms with Gasteiger partial charge in [-0.15, -0.1) is 0 Å². The highest BCUT2D eigenvalue weighted by molar-refractivity contribution is 6.51. The monoisotopic (exact) mass is 224 g/mol. The minimum Gasteiger partial charge on any atom is -0.491 e. The van der Waals surface area contributed by atoms with Crippen LogP contribution in [0.25, 0.3) is 0 Å². The maximum Gasteiger partial charge on any atom is 0.176 e. The third-order valence-electron chi connectivity index (χ3n) is 2.41. The van der Waals surface area contributed by atoms with Gasteiger partial charge in [-0.05, 0) is 24.2 Å². The Hall–Kier alpha value is -0.803. The standard InChI is InChI=1S/C12H20O2Si/c1-11(2)15(3)14-10-9-13-12-7-5-4-6-8-12/h4-8,11,15H,9-10H2,1-3H3. The van der Waals surface area contributed by atoms with Crippen molar-refractivity contribution in [3.8, 4) is 5.75 Å². The molecule has 1 aromatic rings. The summed E-state index contributed by atoms with van der Waals surface area (Å²) >= 11 is 0. The Morgan fingerprint density at radius 1 is 1.13 bits per heavy atom. The molecule has 84 valence electrons. The lowest BCUT2D eigenvalue weighted by Gasteiger charge is -2.15. The van der Waals surface area contributed by atoms with Gasteiger partial charge in [0.1, 0.15) is 12.4 Å². The van der Waals surface area contributed by atoms with Crippen molar-refractivity contribution < 1.29 is 9.16 Å². The normalized spacial score (nSPS) is 12.8. The molecule has 0 saturated carbocycles. The molecule has 3 heteroatoms. The highest BCUT2D eigenvalue weighted by Gasteiger charge is 2.08. The summed E-state index contributed by atoms with van der Waals surface area (Å²) in [6.45, 7) is 8.02. The van der Waals surface area contributed by atoms with E-state index in [1.54, 1.807) is 0 Å². The molecule has 0 aliphatic rings. The zero-order chi connectivity index (χ0) is 11.1. The summed E-state index contributed by atoms with van der Waals surface area (Å²) in [5, 5.41) is 0. The van der Waals surface area contributed by atoms with E-state index in [1.807, 2.05) is 30.3 Å². The molecule has 0 saturated heterocycles. The first-order valence-electron chi connectivity index (χ1n) is 5.49. The number of benzene rings is 1. The van der Waals surface area contributed by atoms with Gasteiger partial charge in [0.05, 0.1) is 6.61 Å². The summed E-state index contributed by atoms with van der Waals surface area (Å²) in [5.41, 5.74) is 0.696. The van der Waals surface area contributed by atoms with Crippen molar-refractivity contribution in [2.45, 2.75) is 25.9 Å². The lowest BCUT2D eigenvalue weighted by atomic mass is 10.3. The summed E-state index contributed by atoms with van der Waals surface area (Å²) in [4.78, 5) is 0. The van der Waals surface area contributed by atoms with Crippen molar-refractivity contribution in [1.29, 1.82) is 0 Å². The van der Waals surface area contributed by atoms with Gasteiger partial charge in [-0.3, -0.25) is 0 Å². The quantitative estimate of drug-likeness (QED) is 0.546. The number of para-hydroxylation sites is 1. The third kappa shape index (κ3) is 5.00. The van der Waals surface area contributed by atoms with Crippen molar-refractivity contribution in [3.05, 3.63) is 30.3 Å². The van der Waals surface area contributed by atoms with Gasteiger partial charge < -0.3 is 9.16 Å². The van der Waals surface area contributed by atoms with Gasteiger partial charge in [0.2, 0.25) is 0 Å². The van der Waals surface area contributed by atoms with E-state index in [9.17, 15) is 0 Å². The third-order valence-corrected chi connectivity index (χ3v) is 5.05. The van der Waals surface area contributed by atoms with Crippen molar-refractivity contribution in [2.75, 3.05) is 13.2 Å². The lowest BCUT2D eigenvalue weighted by Crippen LogP contribution is -2.20. The molecular formula is C12H20O2Si. The van der Waals surface area contributed by atoms with Gasteiger partial charge in [-0.1, -0.05) is 32.0 Å². The predicted octanol–water partition coefficient (Wildman–Crippen LogP) is 2.85. The lowest BCUT2D eigenvalue weighted by molar-refractivity contribution is 0.216. The van der Waals surface area contributed by atoms with E-state index in [-0.39, 0.29) is 0 Å². The van der Waals surface area contributed by atoms with Crippen molar-refractivity contribution in [1.82, 2.24) is 0 Å². The Balaban J connectivity index is 2.12. The van der Waals surface area contributed by atoms with Gasteiger partial charge in [0, 0.05) is 0 Å². The second-order valence-corrected chi connectivity index (χ2v) is 7.06. The predicted molar refractivity (Wildman–Crippen MR) is 66.0 cm³/mol. The first kappa shape index (κ1) is 12.3. The molecule has 1 rings (SSSR count). The molecule has 0 spiro atoms. The molecule has 0 radical (unpaired) electrons. The molecule has 0 fully saturated rings. The fourth-order valence-corrected chi connectivity index (χ4v) is 1.96. The molecule has 0 heterocycles. The number of ether oxygens (including phenoxy) is 1. The van der Waals surface area contributed by atoms with Crippen molar-refractivity contribution >= 4 is 9.04 Å². The first-order chi connectivity index (χ1) is 7.20. The highest BCUT2D eigenvalue weighted by Crippen LogP contribution is 2.09. The Kier molecular flexibility index (Phi) is 5.43. The Labute approximate surface area is 93.9 Å². The van der Waals surface area contributed by atoms with Gasteiger partial charge in [-0.25, -0.2) is 0 Å². The Bertz CT molecular complexity index is 262. The molecule has 0 amide bonds. The Morgan fingerprint density at radius 2 is 1.80 bits per heavy atom. The topological polar surface area (TPSA) is 18.5 Å². The van der Waals surface area contributed by atoms with Crippen LogP contribution in [0.2, 0.25) is 12.1 Å². The maximum atomic E-state index is 5.74. The second kappa shape index (κ2) is 6.64. The Morgan fingerprint density at radius 3 is 2.40 bits per heavy atom. The molecule has 1 aromatic carbocycles. The molecular weight excluding hydrogens is 204 g/mol. The maximum absolute atomic E-state index is 5.74. The van der Waals surface area contributed by atoms with E-state index >= 15 is 0 Å². The van der Waals surface area contributed by atoms with E-state index < -0.39 is 9.04 Å².